The lowest BCUT2D eigenvalue weighted by molar-refractivity contribution is -0.134. The first-order valence-corrected chi connectivity index (χ1v) is 14.8. The summed E-state index contributed by atoms with van der Waals surface area (Å²) < 4.78 is 33.2. The third kappa shape index (κ3) is 6.77. The number of hydrogen-bond acceptors (Lipinski definition) is 8. The highest BCUT2D eigenvalue weighted by molar-refractivity contribution is 5.95. The van der Waals surface area contributed by atoms with Gasteiger partial charge >= 0.3 is 0 Å². The van der Waals surface area contributed by atoms with Gasteiger partial charge in [0.2, 0.25) is 5.91 Å². The molecule has 0 spiro atoms. The van der Waals surface area contributed by atoms with Crippen molar-refractivity contribution >= 4 is 28.6 Å². The van der Waals surface area contributed by atoms with Gasteiger partial charge in [0.15, 0.2) is 18.1 Å². The van der Waals surface area contributed by atoms with Crippen LogP contribution in [0.4, 0.5) is 4.39 Å². The molecule has 6 rings (SSSR count). The summed E-state index contributed by atoms with van der Waals surface area (Å²) in [6, 6.07) is 15.1. The predicted molar refractivity (Wildman–Crippen MR) is 164 cm³/mol. The van der Waals surface area contributed by atoms with Crippen LogP contribution in [-0.2, 0) is 22.7 Å². The zero-order valence-corrected chi connectivity index (χ0v) is 25.0. The predicted octanol–water partition coefficient (Wildman–Crippen LogP) is 2.42. The average molecular weight is 630 g/mol. The Balaban J connectivity index is 1.24. The second-order valence-corrected chi connectivity index (χ2v) is 11.1. The van der Waals surface area contributed by atoms with E-state index in [-0.39, 0.29) is 61.2 Å². The molecular weight excluding hydrogens is 597 g/mol. The van der Waals surface area contributed by atoms with Crippen molar-refractivity contribution in [3.63, 3.8) is 0 Å². The van der Waals surface area contributed by atoms with Crippen molar-refractivity contribution in [2.24, 2.45) is 0 Å². The minimum atomic E-state index is -0.666. The van der Waals surface area contributed by atoms with Gasteiger partial charge in [-0.1, -0.05) is 12.1 Å². The maximum atomic E-state index is 14.6. The summed E-state index contributed by atoms with van der Waals surface area (Å²) in [5.41, 5.74) is 1.06. The van der Waals surface area contributed by atoms with Crippen molar-refractivity contribution in [1.29, 1.82) is 0 Å². The van der Waals surface area contributed by atoms with Crippen LogP contribution >= 0.6 is 0 Å². The van der Waals surface area contributed by atoms with Crippen LogP contribution in [0, 0.1) is 5.82 Å². The molecule has 0 saturated carbocycles. The molecule has 0 radical (unpaired) electrons. The van der Waals surface area contributed by atoms with E-state index in [4.69, 9.17) is 14.2 Å². The van der Waals surface area contributed by atoms with E-state index in [9.17, 15) is 23.6 Å². The summed E-state index contributed by atoms with van der Waals surface area (Å²) >= 11 is 0. The fraction of sp³-hybridized carbons (Fsp3) is 0.303. The first-order valence-electron chi connectivity index (χ1n) is 14.8. The molecule has 1 saturated heterocycles. The number of piperidine rings is 1. The molecule has 2 atom stereocenters. The highest BCUT2D eigenvalue weighted by Crippen LogP contribution is 2.29. The second kappa shape index (κ2) is 13.3. The Morgan fingerprint density at radius 1 is 1.11 bits per heavy atom. The number of rotatable bonds is 4. The summed E-state index contributed by atoms with van der Waals surface area (Å²) in [7, 11) is 1.44. The number of hydrogen-bond donors (Lipinski definition) is 2. The summed E-state index contributed by atoms with van der Waals surface area (Å²) in [5.74, 6) is -0.922. The van der Waals surface area contributed by atoms with Gasteiger partial charge < -0.3 is 29.7 Å². The summed E-state index contributed by atoms with van der Waals surface area (Å²) in [5, 5.41) is 6.13. The number of methoxy groups -OCH3 is 1. The maximum absolute atomic E-state index is 14.6. The number of carbonyl (C=O) groups is 3. The van der Waals surface area contributed by atoms with Crippen molar-refractivity contribution in [3.05, 3.63) is 94.3 Å². The van der Waals surface area contributed by atoms with E-state index in [0.29, 0.717) is 35.2 Å². The number of amides is 3. The summed E-state index contributed by atoms with van der Waals surface area (Å²) in [6.07, 6.45) is 1.22. The smallest absolute Gasteiger partial charge is 0.261 e. The number of benzene rings is 3. The monoisotopic (exact) mass is 629 g/mol. The van der Waals surface area contributed by atoms with Crippen LogP contribution in [0.5, 0.6) is 17.2 Å². The van der Waals surface area contributed by atoms with Gasteiger partial charge in [-0.15, -0.1) is 0 Å². The normalized spacial score (nSPS) is 18.4. The number of carbonyl (C=O) groups excluding carboxylic acids is 3. The van der Waals surface area contributed by atoms with Gasteiger partial charge in [-0.3, -0.25) is 23.7 Å². The van der Waals surface area contributed by atoms with Crippen molar-refractivity contribution < 1.29 is 33.0 Å². The lowest BCUT2D eigenvalue weighted by Gasteiger charge is -2.39. The highest BCUT2D eigenvalue weighted by Gasteiger charge is 2.34. The van der Waals surface area contributed by atoms with Crippen LogP contribution in [-0.4, -0.2) is 71.1 Å². The molecule has 12 nitrogen and oxygen atoms in total. The van der Waals surface area contributed by atoms with E-state index in [0.717, 1.165) is 0 Å². The van der Waals surface area contributed by atoms with Crippen molar-refractivity contribution in [1.82, 2.24) is 25.1 Å². The molecule has 3 aromatic carbocycles. The van der Waals surface area contributed by atoms with Gasteiger partial charge in [-0.2, -0.15) is 0 Å². The average Bonchev–Trinajstić information content (AvgIpc) is 3.06. The molecule has 3 amide bonds. The third-order valence-electron chi connectivity index (χ3n) is 8.01. The molecule has 2 aliphatic heterocycles. The molecular formula is C33H32FN5O7. The van der Waals surface area contributed by atoms with Gasteiger partial charge in [0.25, 0.3) is 17.4 Å². The molecule has 1 aromatic heterocycles. The molecule has 13 heteroatoms. The number of likely N-dealkylation sites (tertiary alicyclic amines) is 1. The van der Waals surface area contributed by atoms with Crippen molar-refractivity contribution in [2.75, 3.05) is 26.8 Å². The van der Waals surface area contributed by atoms with E-state index >= 15 is 0 Å². The van der Waals surface area contributed by atoms with Gasteiger partial charge in [0, 0.05) is 50.7 Å². The fourth-order valence-corrected chi connectivity index (χ4v) is 5.62. The molecule has 0 unspecified atom stereocenters. The van der Waals surface area contributed by atoms with Gasteiger partial charge in [-0.25, -0.2) is 9.37 Å². The van der Waals surface area contributed by atoms with Crippen molar-refractivity contribution in [3.8, 4) is 17.2 Å². The summed E-state index contributed by atoms with van der Waals surface area (Å²) in [6.45, 7) is 0.261. The standard InChI is InChI=1S/C33H32FN5O7/c1-44-28-7-6-21-14-29(28)45-18-30(40)35-16-20-12-22(34)15-23(13-20)46-27-8-10-38(17-26(27)37-32(21)42)31(41)9-11-39-19-36-25-5-3-2-4-24(25)33(39)43/h2-7,12-15,19,26-27H,8-11,16-18H2,1H3,(H,35,40)(H,37,42)/t26-,27+/m0/s1. The first kappa shape index (κ1) is 30.6. The van der Waals surface area contributed by atoms with E-state index in [1.165, 1.54) is 36.2 Å². The molecule has 4 aromatic rings. The number of nitrogens with one attached hydrogen (secondary N) is 2. The largest absolute Gasteiger partial charge is 0.493 e. The molecule has 0 aliphatic carbocycles. The van der Waals surface area contributed by atoms with E-state index in [1.54, 1.807) is 47.4 Å². The first-order chi connectivity index (χ1) is 22.3. The number of aryl methyl sites for hydroxylation is 1. The van der Waals surface area contributed by atoms with Crippen LogP contribution < -0.4 is 30.4 Å². The van der Waals surface area contributed by atoms with Gasteiger partial charge in [0.05, 0.1) is 30.4 Å². The molecule has 238 valence electrons. The molecule has 4 bridgehead atoms. The van der Waals surface area contributed by atoms with Crippen molar-refractivity contribution in [2.45, 2.75) is 38.1 Å². The Hall–Kier alpha value is -5.46. The SMILES string of the molecule is COc1ccc2cc1OCC(=O)NCc1cc(F)cc(c1)O[C@@H]1CCN(C(=O)CCn3cnc4ccccc4c3=O)C[C@@H]1NC2=O. The number of fused-ring (bicyclic) bond motifs is 6. The number of aromatic nitrogens is 2. The Morgan fingerprint density at radius 3 is 2.80 bits per heavy atom. The minimum Gasteiger partial charge on any atom is -0.493 e. The molecule has 46 heavy (non-hydrogen) atoms. The lowest BCUT2D eigenvalue weighted by atomic mass is 10.0. The van der Waals surface area contributed by atoms with Crippen LogP contribution in [0.25, 0.3) is 10.9 Å². The maximum Gasteiger partial charge on any atom is 0.261 e. The third-order valence-corrected chi connectivity index (χ3v) is 8.01. The van der Waals surface area contributed by atoms with E-state index < -0.39 is 29.8 Å². The molecule has 1 fully saturated rings. The van der Waals surface area contributed by atoms with E-state index in [2.05, 4.69) is 15.6 Å². The van der Waals surface area contributed by atoms with Gasteiger partial charge in [0.1, 0.15) is 17.7 Å². The minimum absolute atomic E-state index is 0.0381. The van der Waals surface area contributed by atoms with Crippen LogP contribution in [0.2, 0.25) is 0 Å². The van der Waals surface area contributed by atoms with E-state index in [1.807, 2.05) is 0 Å². The highest BCUT2D eigenvalue weighted by atomic mass is 19.1. The zero-order chi connectivity index (χ0) is 32.2. The van der Waals surface area contributed by atoms with Crippen LogP contribution in [0.3, 0.4) is 0 Å². The molecule has 2 aliphatic rings. The quantitative estimate of drug-likeness (QED) is 0.351. The topological polar surface area (TPSA) is 141 Å². The second-order valence-electron chi connectivity index (χ2n) is 11.1. The number of nitrogens with zero attached hydrogens (tertiary/aromatic N) is 3. The molecule has 3 heterocycles. The lowest BCUT2D eigenvalue weighted by Crippen LogP contribution is -2.58. The number of halogens is 1. The number of ether oxygens (including phenoxy) is 3. The number of para-hydroxylation sites is 1. The zero-order valence-electron chi connectivity index (χ0n) is 25.0. The van der Waals surface area contributed by atoms with Gasteiger partial charge in [-0.05, 0) is 48.0 Å². The Kier molecular flexibility index (Phi) is 8.81. The molecule has 2 N–H and O–H groups in total. The Morgan fingerprint density at radius 2 is 1.96 bits per heavy atom. The van der Waals surface area contributed by atoms with Crippen LogP contribution in [0.15, 0.2) is 71.8 Å². The van der Waals surface area contributed by atoms with Crippen LogP contribution in [0.1, 0.15) is 28.8 Å². The Labute approximate surface area is 263 Å². The Bertz CT molecular complexity index is 1860. The summed E-state index contributed by atoms with van der Waals surface area (Å²) in [4.78, 5) is 58.2. The fourth-order valence-electron chi connectivity index (χ4n) is 5.62.